The van der Waals surface area contributed by atoms with E-state index in [1.54, 1.807) is 60.7 Å². The Hall–Kier alpha value is -5.16. The average Bonchev–Trinajstić information content (AvgIpc) is 3.08. The summed E-state index contributed by atoms with van der Waals surface area (Å²) in [6, 6.07) is 36.0. The van der Waals surface area contributed by atoms with Crippen LogP contribution in [0, 0.1) is 0 Å². The number of hydrogen-bond acceptors (Lipinski definition) is 5. The molecule has 0 fully saturated rings. The summed E-state index contributed by atoms with van der Waals surface area (Å²) in [6.45, 7) is 0. The number of carboxylic acids is 1. The van der Waals surface area contributed by atoms with Crippen LogP contribution in [0.5, 0.6) is 0 Å². The molecule has 0 aliphatic carbocycles. The Balaban J connectivity index is 1.39. The van der Waals surface area contributed by atoms with Gasteiger partial charge in [-0.2, -0.15) is 0 Å². The molecule has 0 saturated carbocycles. The summed E-state index contributed by atoms with van der Waals surface area (Å²) >= 11 is 11.0. The molecule has 0 saturated heterocycles. The molecule has 240 valence electrons. The minimum absolute atomic E-state index is 0.0182. The van der Waals surface area contributed by atoms with Crippen molar-refractivity contribution in [1.29, 1.82) is 0 Å². The Morgan fingerprint density at radius 3 is 2.17 bits per heavy atom. The van der Waals surface area contributed by atoms with Crippen LogP contribution in [-0.4, -0.2) is 28.8 Å². The van der Waals surface area contributed by atoms with Gasteiger partial charge >= 0.3 is 5.97 Å². The van der Waals surface area contributed by atoms with Gasteiger partial charge in [0.25, 0.3) is 11.8 Å². The maximum Gasteiger partial charge on any atom is 0.335 e. The molecule has 0 radical (unpaired) electrons. The number of amides is 3. The van der Waals surface area contributed by atoms with Crippen LogP contribution < -0.4 is 16.0 Å². The highest BCUT2D eigenvalue weighted by Crippen LogP contribution is 2.38. The molecule has 1 atom stereocenters. The Bertz CT molecular complexity index is 2010. The summed E-state index contributed by atoms with van der Waals surface area (Å²) in [5.74, 6) is -2.56. The van der Waals surface area contributed by atoms with Crippen molar-refractivity contribution in [3.8, 4) is 0 Å². The van der Waals surface area contributed by atoms with Gasteiger partial charge in [-0.15, -0.1) is 11.8 Å². The number of rotatable bonds is 11. The van der Waals surface area contributed by atoms with E-state index in [-0.39, 0.29) is 22.0 Å². The fraction of sp³-hybridized carbons (Fsp3) is 0.0270. The first-order valence-electron chi connectivity index (χ1n) is 14.5. The number of carboxylic acid groups (broad SMARTS) is 1. The number of hydrogen-bond donors (Lipinski definition) is 4. The lowest BCUT2D eigenvalue weighted by molar-refractivity contribution is -0.116. The lowest BCUT2D eigenvalue weighted by Crippen LogP contribution is -2.30. The molecule has 1 unspecified atom stereocenters. The maximum atomic E-state index is 13.7. The average molecular weight is 741 g/mol. The van der Waals surface area contributed by atoms with E-state index in [4.69, 9.17) is 11.6 Å². The minimum atomic E-state index is -1.15. The second-order valence-corrected chi connectivity index (χ2v) is 12.8. The van der Waals surface area contributed by atoms with Gasteiger partial charge in [-0.1, -0.05) is 94.3 Å². The molecule has 0 bridgehead atoms. The van der Waals surface area contributed by atoms with E-state index in [0.29, 0.717) is 27.3 Å². The Morgan fingerprint density at radius 1 is 0.750 bits per heavy atom. The van der Waals surface area contributed by atoms with Gasteiger partial charge < -0.3 is 21.1 Å². The normalized spacial score (nSPS) is 11.7. The van der Waals surface area contributed by atoms with Crippen molar-refractivity contribution in [2.75, 3.05) is 10.6 Å². The summed E-state index contributed by atoms with van der Waals surface area (Å²) < 4.78 is 0.809. The predicted molar refractivity (Wildman–Crippen MR) is 193 cm³/mol. The third-order valence-electron chi connectivity index (χ3n) is 6.85. The zero-order valence-corrected chi connectivity index (χ0v) is 28.2. The largest absolute Gasteiger partial charge is 0.478 e. The molecular weight excluding hydrogens is 714 g/mol. The van der Waals surface area contributed by atoms with E-state index in [1.165, 1.54) is 30.0 Å². The molecule has 0 aromatic heterocycles. The van der Waals surface area contributed by atoms with Crippen molar-refractivity contribution >= 4 is 80.4 Å². The minimum Gasteiger partial charge on any atom is -0.478 e. The molecule has 5 rings (SSSR count). The molecule has 0 heterocycles. The van der Waals surface area contributed by atoms with Crippen LogP contribution in [0.25, 0.3) is 6.08 Å². The van der Waals surface area contributed by atoms with Crippen LogP contribution in [0.3, 0.4) is 0 Å². The van der Waals surface area contributed by atoms with E-state index < -0.39 is 28.9 Å². The summed E-state index contributed by atoms with van der Waals surface area (Å²) in [5, 5.41) is 17.2. The Morgan fingerprint density at radius 2 is 1.46 bits per heavy atom. The van der Waals surface area contributed by atoms with E-state index in [0.717, 1.165) is 4.47 Å². The van der Waals surface area contributed by atoms with Crippen molar-refractivity contribution in [2.24, 2.45) is 0 Å². The molecule has 0 aliphatic heterocycles. The zero-order valence-electron chi connectivity index (χ0n) is 25.0. The van der Waals surface area contributed by atoms with E-state index >= 15 is 0 Å². The standard InChI is InChI=1S/C37H27BrClN3O5S/c38-27-14-7-9-23(19-27)20-32(42-34(43)25-12-5-2-6-13-25)35(44)40-28-15-8-16-29(22-28)48-33(24-10-3-1-4-11-24)36(45)41-31-21-26(37(46)47)17-18-30(31)39/h1-22,33H,(H,40,44)(H,41,45)(H,42,43)(H,46,47)/b32-20+. The van der Waals surface area contributed by atoms with Gasteiger partial charge in [0, 0.05) is 20.6 Å². The third kappa shape index (κ3) is 9.22. The van der Waals surface area contributed by atoms with Crippen LogP contribution in [0.2, 0.25) is 5.02 Å². The van der Waals surface area contributed by atoms with Gasteiger partial charge in [0.1, 0.15) is 10.9 Å². The van der Waals surface area contributed by atoms with Crippen molar-refractivity contribution < 1.29 is 24.3 Å². The fourth-order valence-electron chi connectivity index (χ4n) is 4.54. The molecule has 5 aromatic rings. The highest BCUT2D eigenvalue weighted by molar-refractivity contribution is 9.10. The van der Waals surface area contributed by atoms with Crippen LogP contribution in [0.15, 0.2) is 142 Å². The van der Waals surface area contributed by atoms with Gasteiger partial charge in [0.2, 0.25) is 5.91 Å². The summed E-state index contributed by atoms with van der Waals surface area (Å²) in [5.41, 5.74) is 2.40. The molecule has 11 heteroatoms. The van der Waals surface area contributed by atoms with Crippen molar-refractivity contribution in [3.63, 3.8) is 0 Å². The van der Waals surface area contributed by atoms with Gasteiger partial charge in [-0.05, 0) is 77.9 Å². The number of anilines is 2. The monoisotopic (exact) mass is 739 g/mol. The zero-order chi connectivity index (χ0) is 34.0. The van der Waals surface area contributed by atoms with Crippen molar-refractivity contribution in [3.05, 3.63) is 165 Å². The molecule has 4 N–H and O–H groups in total. The molecular formula is C37H27BrClN3O5S. The highest BCUT2D eigenvalue weighted by atomic mass is 79.9. The number of carbonyl (C=O) groups is 4. The topological polar surface area (TPSA) is 125 Å². The molecule has 5 aromatic carbocycles. The Kier molecular flexibility index (Phi) is 11.5. The second-order valence-electron chi connectivity index (χ2n) is 10.3. The van der Waals surface area contributed by atoms with Crippen molar-refractivity contribution in [1.82, 2.24) is 5.32 Å². The van der Waals surface area contributed by atoms with E-state index in [1.807, 2.05) is 54.6 Å². The van der Waals surface area contributed by atoms with Crippen LogP contribution in [0.1, 0.15) is 37.1 Å². The summed E-state index contributed by atoms with van der Waals surface area (Å²) in [4.78, 5) is 52.5. The first kappa shape index (κ1) is 34.2. The Labute approximate surface area is 294 Å². The van der Waals surface area contributed by atoms with Crippen LogP contribution in [0.4, 0.5) is 11.4 Å². The maximum absolute atomic E-state index is 13.7. The number of thioether (sulfide) groups is 1. The SMILES string of the molecule is O=C(Nc1cccc(SC(C(=O)Nc2cc(C(=O)O)ccc2Cl)c2ccccc2)c1)/C(=C\c1cccc(Br)c1)NC(=O)c1ccccc1. The van der Waals surface area contributed by atoms with Crippen LogP contribution >= 0.6 is 39.3 Å². The fourth-order valence-corrected chi connectivity index (χ4v) is 6.21. The van der Waals surface area contributed by atoms with E-state index in [9.17, 15) is 24.3 Å². The number of halogens is 2. The molecule has 48 heavy (non-hydrogen) atoms. The quantitative estimate of drug-likeness (QED) is 0.0794. The lowest BCUT2D eigenvalue weighted by atomic mass is 10.1. The smallest absolute Gasteiger partial charge is 0.335 e. The van der Waals surface area contributed by atoms with Gasteiger partial charge in [-0.3, -0.25) is 14.4 Å². The molecule has 8 nitrogen and oxygen atoms in total. The van der Waals surface area contributed by atoms with Gasteiger partial charge in [-0.25, -0.2) is 4.79 Å². The summed E-state index contributed by atoms with van der Waals surface area (Å²) in [7, 11) is 0. The predicted octanol–water partition coefficient (Wildman–Crippen LogP) is 8.68. The number of carbonyl (C=O) groups excluding carboxylic acids is 3. The second kappa shape index (κ2) is 16.1. The van der Waals surface area contributed by atoms with Crippen LogP contribution in [-0.2, 0) is 9.59 Å². The van der Waals surface area contributed by atoms with E-state index in [2.05, 4.69) is 31.9 Å². The first-order chi connectivity index (χ1) is 23.2. The highest BCUT2D eigenvalue weighted by Gasteiger charge is 2.24. The number of nitrogens with one attached hydrogen (secondary N) is 3. The van der Waals surface area contributed by atoms with Gasteiger partial charge in [0.15, 0.2) is 0 Å². The molecule has 3 amide bonds. The van der Waals surface area contributed by atoms with Gasteiger partial charge in [0.05, 0.1) is 16.3 Å². The first-order valence-corrected chi connectivity index (χ1v) is 16.5. The molecule has 0 aliphatic rings. The summed E-state index contributed by atoms with van der Waals surface area (Å²) in [6.07, 6.45) is 1.58. The van der Waals surface area contributed by atoms with Crippen molar-refractivity contribution in [2.45, 2.75) is 10.1 Å². The lowest BCUT2D eigenvalue weighted by Gasteiger charge is -2.18. The molecule has 0 spiro atoms. The number of aromatic carboxylic acids is 1. The third-order valence-corrected chi connectivity index (χ3v) is 8.92. The number of benzene rings is 5.